The topological polar surface area (TPSA) is 52.6 Å². The third-order valence-electron chi connectivity index (χ3n) is 3.44. The van der Waals surface area contributed by atoms with E-state index in [4.69, 9.17) is 0 Å². The van der Waals surface area contributed by atoms with Gasteiger partial charge in [-0.05, 0) is 44.0 Å². The Labute approximate surface area is 115 Å². The minimum atomic E-state index is 0.0540. The van der Waals surface area contributed by atoms with Crippen molar-refractivity contribution in [1.29, 1.82) is 0 Å². The summed E-state index contributed by atoms with van der Waals surface area (Å²) < 4.78 is 0. The summed E-state index contributed by atoms with van der Waals surface area (Å²) in [7, 11) is 1.66. The standard InChI is InChI=1S/C15H24N2O2/c1-4-17(11-15(19)16-3)12(2)5-6-13-7-9-14(18)10-8-13/h7-10,12,18H,4-6,11H2,1-3H3,(H,16,19). The van der Waals surface area contributed by atoms with Crippen molar-refractivity contribution in [3.63, 3.8) is 0 Å². The average Bonchev–Trinajstić information content (AvgIpc) is 2.43. The molecule has 1 amide bonds. The van der Waals surface area contributed by atoms with Crippen molar-refractivity contribution in [2.45, 2.75) is 32.7 Å². The van der Waals surface area contributed by atoms with E-state index in [1.807, 2.05) is 12.1 Å². The van der Waals surface area contributed by atoms with Crippen LogP contribution >= 0.6 is 0 Å². The average molecular weight is 264 g/mol. The van der Waals surface area contributed by atoms with E-state index >= 15 is 0 Å². The van der Waals surface area contributed by atoms with E-state index in [0.717, 1.165) is 19.4 Å². The van der Waals surface area contributed by atoms with Crippen molar-refractivity contribution in [2.75, 3.05) is 20.1 Å². The number of phenols is 1. The van der Waals surface area contributed by atoms with E-state index in [1.54, 1.807) is 19.2 Å². The van der Waals surface area contributed by atoms with Gasteiger partial charge < -0.3 is 10.4 Å². The van der Waals surface area contributed by atoms with Crippen LogP contribution in [0, 0.1) is 0 Å². The maximum atomic E-state index is 11.4. The third kappa shape index (κ3) is 5.30. The van der Waals surface area contributed by atoms with Gasteiger partial charge in [0, 0.05) is 13.1 Å². The summed E-state index contributed by atoms with van der Waals surface area (Å²) in [5, 5.41) is 11.9. The Morgan fingerprint density at radius 3 is 2.53 bits per heavy atom. The number of nitrogens with one attached hydrogen (secondary N) is 1. The number of carbonyl (C=O) groups excluding carboxylic acids is 1. The zero-order chi connectivity index (χ0) is 14.3. The summed E-state index contributed by atoms with van der Waals surface area (Å²) in [4.78, 5) is 13.6. The molecule has 1 atom stereocenters. The van der Waals surface area contributed by atoms with Gasteiger partial charge in [0.15, 0.2) is 0 Å². The minimum Gasteiger partial charge on any atom is -0.508 e. The molecular weight excluding hydrogens is 240 g/mol. The van der Waals surface area contributed by atoms with Crippen LogP contribution in [0.15, 0.2) is 24.3 Å². The number of hydrogen-bond donors (Lipinski definition) is 2. The first-order valence-corrected chi connectivity index (χ1v) is 6.79. The first kappa shape index (κ1) is 15.5. The Morgan fingerprint density at radius 1 is 1.37 bits per heavy atom. The number of aromatic hydroxyl groups is 1. The smallest absolute Gasteiger partial charge is 0.233 e. The van der Waals surface area contributed by atoms with Gasteiger partial charge in [-0.2, -0.15) is 0 Å². The molecule has 0 aliphatic heterocycles. The lowest BCUT2D eigenvalue weighted by Gasteiger charge is -2.27. The quantitative estimate of drug-likeness (QED) is 0.789. The number of aryl methyl sites for hydroxylation is 1. The zero-order valence-electron chi connectivity index (χ0n) is 12.0. The van der Waals surface area contributed by atoms with Crippen LogP contribution in [0.2, 0.25) is 0 Å². The van der Waals surface area contributed by atoms with Crippen LogP contribution in [-0.2, 0) is 11.2 Å². The summed E-state index contributed by atoms with van der Waals surface area (Å²) in [6, 6.07) is 7.66. The van der Waals surface area contributed by atoms with Crippen LogP contribution < -0.4 is 5.32 Å². The number of phenolic OH excluding ortho intramolecular Hbond substituents is 1. The van der Waals surface area contributed by atoms with Gasteiger partial charge in [0.2, 0.25) is 5.91 Å². The number of likely N-dealkylation sites (N-methyl/N-ethyl adjacent to an activating group) is 2. The van der Waals surface area contributed by atoms with E-state index in [1.165, 1.54) is 5.56 Å². The third-order valence-corrected chi connectivity index (χ3v) is 3.44. The molecule has 106 valence electrons. The second-order valence-electron chi connectivity index (χ2n) is 4.79. The Balaban J connectivity index is 2.46. The van der Waals surface area contributed by atoms with Crippen molar-refractivity contribution in [1.82, 2.24) is 10.2 Å². The van der Waals surface area contributed by atoms with Gasteiger partial charge in [0.25, 0.3) is 0 Å². The molecule has 0 spiro atoms. The maximum absolute atomic E-state index is 11.4. The first-order valence-electron chi connectivity index (χ1n) is 6.79. The molecule has 0 aliphatic rings. The van der Waals surface area contributed by atoms with E-state index in [0.29, 0.717) is 18.3 Å². The fourth-order valence-corrected chi connectivity index (χ4v) is 2.06. The van der Waals surface area contributed by atoms with Gasteiger partial charge in [-0.25, -0.2) is 0 Å². The molecule has 0 aliphatic carbocycles. The van der Waals surface area contributed by atoms with E-state index < -0.39 is 0 Å². The Bertz CT molecular complexity index is 390. The largest absolute Gasteiger partial charge is 0.508 e. The van der Waals surface area contributed by atoms with Crippen molar-refractivity contribution < 1.29 is 9.90 Å². The molecule has 1 unspecified atom stereocenters. The Morgan fingerprint density at radius 2 is 2.00 bits per heavy atom. The summed E-state index contributed by atoms with van der Waals surface area (Å²) >= 11 is 0. The molecular formula is C15H24N2O2. The van der Waals surface area contributed by atoms with Gasteiger partial charge in [0.1, 0.15) is 5.75 Å². The lowest BCUT2D eigenvalue weighted by atomic mass is 10.0. The van der Waals surface area contributed by atoms with Crippen molar-refractivity contribution >= 4 is 5.91 Å². The highest BCUT2D eigenvalue weighted by Gasteiger charge is 2.14. The monoisotopic (exact) mass is 264 g/mol. The number of benzene rings is 1. The number of hydrogen-bond acceptors (Lipinski definition) is 3. The number of amides is 1. The molecule has 4 nitrogen and oxygen atoms in total. The van der Waals surface area contributed by atoms with Crippen molar-refractivity contribution in [3.8, 4) is 5.75 Å². The van der Waals surface area contributed by atoms with Crippen LogP contribution in [-0.4, -0.2) is 42.1 Å². The van der Waals surface area contributed by atoms with Crippen molar-refractivity contribution in [3.05, 3.63) is 29.8 Å². The highest BCUT2D eigenvalue weighted by atomic mass is 16.3. The Hall–Kier alpha value is -1.55. The molecule has 0 radical (unpaired) electrons. The van der Waals surface area contributed by atoms with Crippen LogP contribution in [0.3, 0.4) is 0 Å². The SMILES string of the molecule is CCN(CC(=O)NC)C(C)CCc1ccc(O)cc1. The van der Waals surface area contributed by atoms with Crippen LogP contribution in [0.5, 0.6) is 5.75 Å². The van der Waals surface area contributed by atoms with Gasteiger partial charge >= 0.3 is 0 Å². The predicted octanol–water partition coefficient (Wildman–Crippen LogP) is 1.78. The molecule has 19 heavy (non-hydrogen) atoms. The predicted molar refractivity (Wildman–Crippen MR) is 77.2 cm³/mol. The van der Waals surface area contributed by atoms with E-state index in [-0.39, 0.29) is 5.91 Å². The molecule has 2 N–H and O–H groups in total. The molecule has 1 aromatic carbocycles. The summed E-state index contributed by atoms with van der Waals surface area (Å²) in [5.74, 6) is 0.352. The molecule has 0 heterocycles. The summed E-state index contributed by atoms with van der Waals surface area (Å²) in [6.07, 6.45) is 1.95. The van der Waals surface area contributed by atoms with Gasteiger partial charge in [-0.1, -0.05) is 19.1 Å². The van der Waals surface area contributed by atoms with Crippen LogP contribution in [0.25, 0.3) is 0 Å². The van der Waals surface area contributed by atoms with Gasteiger partial charge in [-0.15, -0.1) is 0 Å². The molecule has 1 aromatic rings. The van der Waals surface area contributed by atoms with Gasteiger partial charge in [0.05, 0.1) is 6.54 Å². The van der Waals surface area contributed by atoms with Crippen molar-refractivity contribution in [2.24, 2.45) is 0 Å². The lowest BCUT2D eigenvalue weighted by Crippen LogP contribution is -2.41. The number of nitrogens with zero attached hydrogens (tertiary/aromatic N) is 1. The first-order chi connectivity index (χ1) is 9.06. The normalized spacial score (nSPS) is 12.4. The zero-order valence-corrected chi connectivity index (χ0v) is 12.0. The van der Waals surface area contributed by atoms with Crippen LogP contribution in [0.4, 0.5) is 0 Å². The molecule has 0 fully saturated rings. The highest BCUT2D eigenvalue weighted by molar-refractivity contribution is 5.77. The maximum Gasteiger partial charge on any atom is 0.233 e. The molecule has 0 saturated carbocycles. The molecule has 1 rings (SSSR count). The molecule has 0 saturated heterocycles. The van der Waals surface area contributed by atoms with Gasteiger partial charge in [-0.3, -0.25) is 9.69 Å². The van der Waals surface area contributed by atoms with E-state index in [2.05, 4.69) is 24.1 Å². The van der Waals surface area contributed by atoms with Crippen LogP contribution in [0.1, 0.15) is 25.8 Å². The second kappa shape index (κ2) is 7.79. The fourth-order valence-electron chi connectivity index (χ4n) is 2.06. The lowest BCUT2D eigenvalue weighted by molar-refractivity contribution is -0.122. The minimum absolute atomic E-state index is 0.0540. The fraction of sp³-hybridized carbons (Fsp3) is 0.533. The summed E-state index contributed by atoms with van der Waals surface area (Å²) in [6.45, 7) is 5.53. The number of carbonyl (C=O) groups is 1. The summed E-state index contributed by atoms with van der Waals surface area (Å²) in [5.41, 5.74) is 1.21. The Kier molecular flexibility index (Phi) is 6.36. The highest BCUT2D eigenvalue weighted by Crippen LogP contribution is 2.13. The van der Waals surface area contributed by atoms with E-state index in [9.17, 15) is 9.90 Å². The molecule has 0 bridgehead atoms. The molecule has 0 aromatic heterocycles. The molecule has 4 heteroatoms. The number of rotatable bonds is 7. The second-order valence-corrected chi connectivity index (χ2v) is 4.79.